The minimum atomic E-state index is -0.251. The first-order valence-electron chi connectivity index (χ1n) is 9.45. The van der Waals surface area contributed by atoms with Gasteiger partial charge in [-0.05, 0) is 81.3 Å². The Balaban J connectivity index is 1.63. The number of aromatic nitrogens is 1. The second kappa shape index (κ2) is 9.14. The molecule has 3 aromatic carbocycles. The first-order chi connectivity index (χ1) is 14.5. The third-order valence-corrected chi connectivity index (χ3v) is 6.42. The summed E-state index contributed by atoms with van der Waals surface area (Å²) in [6.07, 6.45) is 1.73. The lowest BCUT2D eigenvalue weighted by molar-refractivity contribution is 0.0954. The average molecular weight is 572 g/mol. The molecule has 0 unspecified atom stereocenters. The molecule has 0 aliphatic carbocycles. The van der Waals surface area contributed by atoms with Crippen LogP contribution in [-0.2, 0) is 6.54 Å². The Hall–Kier alpha value is -2.45. The van der Waals surface area contributed by atoms with Crippen molar-refractivity contribution in [2.45, 2.75) is 13.5 Å². The normalized spacial score (nSPS) is 11.3. The minimum absolute atomic E-state index is 0.251. The van der Waals surface area contributed by atoms with Crippen molar-refractivity contribution in [2.75, 3.05) is 0 Å². The molecule has 0 aliphatic rings. The van der Waals surface area contributed by atoms with Gasteiger partial charge in [-0.15, -0.1) is 0 Å². The van der Waals surface area contributed by atoms with Crippen LogP contribution in [-0.4, -0.2) is 16.7 Å². The van der Waals surface area contributed by atoms with E-state index in [0.717, 1.165) is 33.2 Å². The van der Waals surface area contributed by atoms with Crippen LogP contribution in [0.3, 0.4) is 0 Å². The van der Waals surface area contributed by atoms with Gasteiger partial charge in [-0.2, -0.15) is 5.10 Å². The van der Waals surface area contributed by atoms with Crippen LogP contribution in [0.5, 0.6) is 0 Å². The molecule has 0 atom stereocenters. The minimum Gasteiger partial charge on any atom is -0.340 e. The molecule has 0 bridgehead atoms. The van der Waals surface area contributed by atoms with Gasteiger partial charge in [0.05, 0.1) is 11.8 Å². The highest BCUT2D eigenvalue weighted by atomic mass is 127. The number of rotatable bonds is 5. The standard InChI is InChI=1S/C24H19BrIN3O/c1-16-21(14-27-28-24(30)20-7-2-4-8-22(20)25)19-6-3-5-9-23(19)29(16)15-17-10-12-18(26)13-11-17/h2-14H,15H2,1H3,(H,28,30)/b27-14-. The monoisotopic (exact) mass is 571 g/mol. The number of hydrogen-bond acceptors (Lipinski definition) is 2. The van der Waals surface area contributed by atoms with Gasteiger partial charge < -0.3 is 4.57 Å². The highest BCUT2D eigenvalue weighted by molar-refractivity contribution is 14.1. The van der Waals surface area contributed by atoms with Crippen molar-refractivity contribution in [3.8, 4) is 0 Å². The Bertz CT molecular complexity index is 1250. The second-order valence-corrected chi connectivity index (χ2v) is 9.01. The number of benzene rings is 3. The highest BCUT2D eigenvalue weighted by Gasteiger charge is 2.13. The fourth-order valence-electron chi connectivity index (χ4n) is 3.46. The van der Waals surface area contributed by atoms with Crippen molar-refractivity contribution in [1.82, 2.24) is 9.99 Å². The predicted octanol–water partition coefficient (Wildman–Crippen LogP) is 6.13. The summed E-state index contributed by atoms with van der Waals surface area (Å²) in [7, 11) is 0. The number of carbonyl (C=O) groups is 1. The molecule has 1 amide bonds. The van der Waals surface area contributed by atoms with E-state index >= 15 is 0 Å². The molecular weight excluding hydrogens is 553 g/mol. The third-order valence-electron chi connectivity index (χ3n) is 5.01. The first-order valence-corrected chi connectivity index (χ1v) is 11.3. The van der Waals surface area contributed by atoms with Crippen LogP contribution in [0.1, 0.15) is 27.2 Å². The van der Waals surface area contributed by atoms with Gasteiger partial charge in [-0.25, -0.2) is 5.43 Å². The molecule has 4 nitrogen and oxygen atoms in total. The highest BCUT2D eigenvalue weighted by Crippen LogP contribution is 2.26. The molecule has 1 N–H and O–H groups in total. The second-order valence-electron chi connectivity index (χ2n) is 6.91. The molecule has 1 heterocycles. The quantitative estimate of drug-likeness (QED) is 0.175. The van der Waals surface area contributed by atoms with Gasteiger partial charge in [0.1, 0.15) is 0 Å². The van der Waals surface area contributed by atoms with Crippen molar-refractivity contribution >= 4 is 61.5 Å². The topological polar surface area (TPSA) is 46.4 Å². The van der Waals surface area contributed by atoms with E-state index in [0.29, 0.717) is 5.56 Å². The van der Waals surface area contributed by atoms with E-state index in [9.17, 15) is 4.79 Å². The number of hydrazone groups is 1. The van der Waals surface area contributed by atoms with E-state index in [4.69, 9.17) is 0 Å². The van der Waals surface area contributed by atoms with Gasteiger partial charge in [-0.3, -0.25) is 4.79 Å². The molecule has 0 saturated heterocycles. The number of fused-ring (bicyclic) bond motifs is 1. The maximum atomic E-state index is 12.4. The van der Waals surface area contributed by atoms with Gasteiger partial charge in [-0.1, -0.05) is 42.5 Å². The van der Waals surface area contributed by atoms with E-state index in [1.54, 1.807) is 12.3 Å². The van der Waals surface area contributed by atoms with Crippen molar-refractivity contribution in [3.63, 3.8) is 0 Å². The maximum Gasteiger partial charge on any atom is 0.272 e. The van der Waals surface area contributed by atoms with Crippen LogP contribution < -0.4 is 5.43 Å². The van der Waals surface area contributed by atoms with E-state index in [-0.39, 0.29) is 5.91 Å². The number of para-hydroxylation sites is 1. The number of nitrogens with one attached hydrogen (secondary N) is 1. The maximum absolute atomic E-state index is 12.4. The predicted molar refractivity (Wildman–Crippen MR) is 134 cm³/mol. The molecule has 0 fully saturated rings. The van der Waals surface area contributed by atoms with Crippen molar-refractivity contribution in [2.24, 2.45) is 5.10 Å². The molecule has 4 rings (SSSR count). The SMILES string of the molecule is Cc1c(/C=N\NC(=O)c2ccccc2Br)c2ccccc2n1Cc1ccc(I)cc1. The first kappa shape index (κ1) is 20.8. The van der Waals surface area contributed by atoms with E-state index < -0.39 is 0 Å². The summed E-state index contributed by atoms with van der Waals surface area (Å²) in [6, 6.07) is 24.1. The van der Waals surface area contributed by atoms with Crippen molar-refractivity contribution in [3.05, 3.63) is 103 Å². The summed E-state index contributed by atoms with van der Waals surface area (Å²) in [5.74, 6) is -0.251. The summed E-state index contributed by atoms with van der Waals surface area (Å²) in [4.78, 5) is 12.4. The molecular formula is C24H19BrIN3O. The molecule has 150 valence electrons. The summed E-state index contributed by atoms with van der Waals surface area (Å²) in [6.45, 7) is 2.87. The molecule has 0 saturated carbocycles. The number of hydrogen-bond donors (Lipinski definition) is 1. The number of halogens is 2. The molecule has 0 aliphatic heterocycles. The van der Waals surface area contributed by atoms with Crippen LogP contribution in [0.2, 0.25) is 0 Å². The lowest BCUT2D eigenvalue weighted by atomic mass is 10.1. The molecule has 4 aromatic rings. The zero-order valence-electron chi connectivity index (χ0n) is 16.3. The van der Waals surface area contributed by atoms with Gasteiger partial charge >= 0.3 is 0 Å². The molecule has 0 spiro atoms. The van der Waals surface area contributed by atoms with E-state index in [1.807, 2.05) is 30.3 Å². The van der Waals surface area contributed by atoms with E-state index in [2.05, 4.69) is 96.9 Å². The molecule has 0 radical (unpaired) electrons. The zero-order chi connectivity index (χ0) is 21.1. The fraction of sp³-hybridized carbons (Fsp3) is 0.0833. The molecule has 30 heavy (non-hydrogen) atoms. The largest absolute Gasteiger partial charge is 0.340 e. The van der Waals surface area contributed by atoms with Crippen molar-refractivity contribution in [1.29, 1.82) is 0 Å². The number of carbonyl (C=O) groups excluding carboxylic acids is 1. The lowest BCUT2D eigenvalue weighted by Crippen LogP contribution is -2.18. The van der Waals surface area contributed by atoms with Crippen LogP contribution in [0, 0.1) is 10.5 Å². The fourth-order valence-corrected chi connectivity index (χ4v) is 4.28. The van der Waals surface area contributed by atoms with Crippen LogP contribution >= 0.6 is 38.5 Å². The van der Waals surface area contributed by atoms with Crippen LogP contribution in [0.15, 0.2) is 82.4 Å². The van der Waals surface area contributed by atoms with Crippen LogP contribution in [0.4, 0.5) is 0 Å². The Morgan fingerprint density at radius 3 is 2.53 bits per heavy atom. The third kappa shape index (κ3) is 4.34. The van der Waals surface area contributed by atoms with Crippen molar-refractivity contribution < 1.29 is 4.79 Å². The van der Waals surface area contributed by atoms with Crippen LogP contribution in [0.25, 0.3) is 10.9 Å². The summed E-state index contributed by atoms with van der Waals surface area (Å²) >= 11 is 5.72. The lowest BCUT2D eigenvalue weighted by Gasteiger charge is -2.09. The molecule has 1 aromatic heterocycles. The number of amides is 1. The Kier molecular flexibility index (Phi) is 6.34. The summed E-state index contributed by atoms with van der Waals surface area (Å²) in [5, 5.41) is 5.35. The van der Waals surface area contributed by atoms with Gasteiger partial charge in [0.2, 0.25) is 0 Å². The zero-order valence-corrected chi connectivity index (χ0v) is 20.0. The number of nitrogens with zero attached hydrogens (tertiary/aromatic N) is 2. The van der Waals surface area contributed by atoms with E-state index in [1.165, 1.54) is 9.13 Å². The summed E-state index contributed by atoms with van der Waals surface area (Å²) in [5.41, 5.74) is 7.68. The summed E-state index contributed by atoms with van der Waals surface area (Å²) < 4.78 is 4.25. The van der Waals surface area contributed by atoms with Gasteiger partial charge in [0.25, 0.3) is 5.91 Å². The van der Waals surface area contributed by atoms with Gasteiger partial charge in [0, 0.05) is 36.7 Å². The Morgan fingerprint density at radius 1 is 1.07 bits per heavy atom. The Labute approximate surface area is 197 Å². The molecule has 6 heteroatoms. The Morgan fingerprint density at radius 2 is 1.77 bits per heavy atom. The van der Waals surface area contributed by atoms with Gasteiger partial charge in [0.15, 0.2) is 0 Å². The smallest absolute Gasteiger partial charge is 0.272 e. The average Bonchev–Trinajstić information content (AvgIpc) is 3.01.